The highest BCUT2D eigenvalue weighted by molar-refractivity contribution is 7.92. The molecule has 0 radical (unpaired) electrons. The lowest BCUT2D eigenvalue weighted by Gasteiger charge is -2.21. The molecule has 0 spiro atoms. The fourth-order valence-corrected chi connectivity index (χ4v) is 4.31. The Morgan fingerprint density at radius 2 is 1.58 bits per heavy atom. The van der Waals surface area contributed by atoms with Gasteiger partial charge in [-0.3, -0.25) is 4.72 Å². The average molecular weight is 393 g/mol. The molecule has 3 rings (SSSR count). The van der Waals surface area contributed by atoms with Crippen LogP contribution in [0.25, 0.3) is 0 Å². The monoisotopic (exact) mass is 393 g/mol. The van der Waals surface area contributed by atoms with E-state index in [2.05, 4.69) is 9.82 Å². The molecule has 1 atom stereocenters. The van der Waals surface area contributed by atoms with Gasteiger partial charge in [0.25, 0.3) is 0 Å². The first-order chi connectivity index (χ1) is 12.1. The van der Waals surface area contributed by atoms with Crippen molar-refractivity contribution in [3.05, 3.63) is 65.7 Å². The molecule has 9 heteroatoms. The molecule has 2 aromatic carbocycles. The number of benzene rings is 2. The summed E-state index contributed by atoms with van der Waals surface area (Å²) in [5, 5.41) is 4.31. The van der Waals surface area contributed by atoms with Crippen molar-refractivity contribution in [2.75, 3.05) is 17.2 Å². The molecular formula is C17H19N3O4S2. The Morgan fingerprint density at radius 3 is 2.12 bits per heavy atom. The molecule has 0 aliphatic carbocycles. The van der Waals surface area contributed by atoms with E-state index in [1.807, 2.05) is 30.3 Å². The molecule has 2 aromatic rings. The van der Waals surface area contributed by atoms with Crippen LogP contribution >= 0.6 is 0 Å². The van der Waals surface area contributed by atoms with Crippen LogP contribution in [-0.4, -0.2) is 39.5 Å². The molecule has 0 aromatic heterocycles. The lowest BCUT2D eigenvalue weighted by atomic mass is 9.99. The number of rotatable bonds is 5. The van der Waals surface area contributed by atoms with E-state index in [1.165, 1.54) is 0 Å². The summed E-state index contributed by atoms with van der Waals surface area (Å²) in [6.07, 6.45) is 2.65. The Morgan fingerprint density at radius 1 is 0.962 bits per heavy atom. The van der Waals surface area contributed by atoms with E-state index in [0.717, 1.165) is 28.1 Å². The van der Waals surface area contributed by atoms with Crippen LogP contribution in [0.4, 0.5) is 5.69 Å². The second-order valence-corrected chi connectivity index (χ2v) is 9.75. The molecule has 1 N–H and O–H groups in total. The second-order valence-electron chi connectivity index (χ2n) is 6.16. The van der Waals surface area contributed by atoms with Crippen molar-refractivity contribution >= 4 is 31.4 Å². The van der Waals surface area contributed by atoms with Gasteiger partial charge >= 0.3 is 0 Å². The predicted molar refractivity (Wildman–Crippen MR) is 102 cm³/mol. The molecule has 0 bridgehead atoms. The van der Waals surface area contributed by atoms with Crippen molar-refractivity contribution in [3.8, 4) is 0 Å². The summed E-state index contributed by atoms with van der Waals surface area (Å²) in [5.74, 6) is 0. The van der Waals surface area contributed by atoms with E-state index < -0.39 is 26.1 Å². The Balaban J connectivity index is 1.91. The zero-order chi connectivity index (χ0) is 18.9. The lowest BCUT2D eigenvalue weighted by molar-refractivity contribution is 0.375. The van der Waals surface area contributed by atoms with Crippen molar-refractivity contribution in [3.63, 3.8) is 0 Å². The first kappa shape index (κ1) is 18.4. The van der Waals surface area contributed by atoms with Crippen LogP contribution in [0.5, 0.6) is 0 Å². The summed E-state index contributed by atoms with van der Waals surface area (Å²) in [6, 6.07) is 15.6. The van der Waals surface area contributed by atoms with Gasteiger partial charge < -0.3 is 0 Å². The van der Waals surface area contributed by atoms with Gasteiger partial charge in [-0.05, 0) is 23.3 Å². The molecule has 0 unspecified atom stereocenters. The molecule has 0 amide bonds. The number of nitrogens with one attached hydrogen (secondary N) is 1. The summed E-state index contributed by atoms with van der Waals surface area (Å²) in [4.78, 5) is 0. The van der Waals surface area contributed by atoms with Crippen LogP contribution in [0, 0.1) is 0 Å². The lowest BCUT2D eigenvalue weighted by Crippen LogP contribution is -2.25. The van der Waals surface area contributed by atoms with E-state index in [4.69, 9.17) is 0 Å². The smallest absolute Gasteiger partial charge is 0.247 e. The highest BCUT2D eigenvalue weighted by Gasteiger charge is 2.34. The Bertz CT molecular complexity index is 1030. The first-order valence-corrected chi connectivity index (χ1v) is 11.6. The van der Waals surface area contributed by atoms with Crippen LogP contribution in [0.3, 0.4) is 0 Å². The van der Waals surface area contributed by atoms with Crippen molar-refractivity contribution in [2.24, 2.45) is 5.10 Å². The minimum absolute atomic E-state index is 0.393. The van der Waals surface area contributed by atoms with Crippen LogP contribution < -0.4 is 4.72 Å². The molecule has 0 fully saturated rings. The van der Waals surface area contributed by atoms with Crippen molar-refractivity contribution < 1.29 is 16.8 Å². The number of nitrogens with zero attached hydrogens (tertiary/aromatic N) is 2. The van der Waals surface area contributed by atoms with Gasteiger partial charge in [-0.25, -0.2) is 16.8 Å². The minimum atomic E-state index is -3.52. The molecule has 1 aliphatic rings. The molecule has 7 nitrogen and oxygen atoms in total. The molecule has 138 valence electrons. The van der Waals surface area contributed by atoms with Gasteiger partial charge in [0.05, 0.1) is 24.3 Å². The molecule has 1 heterocycles. The zero-order valence-electron chi connectivity index (χ0n) is 14.3. The maximum atomic E-state index is 12.1. The Labute approximate surface area is 153 Å². The number of hydrogen-bond donors (Lipinski definition) is 1. The van der Waals surface area contributed by atoms with E-state index in [-0.39, 0.29) is 0 Å². The first-order valence-electron chi connectivity index (χ1n) is 7.83. The minimum Gasteiger partial charge on any atom is -0.284 e. The Hall–Kier alpha value is -2.39. The predicted octanol–water partition coefficient (Wildman–Crippen LogP) is 2.17. The zero-order valence-corrected chi connectivity index (χ0v) is 16.0. The second kappa shape index (κ2) is 6.73. The quantitative estimate of drug-likeness (QED) is 0.842. The van der Waals surface area contributed by atoms with Crippen LogP contribution in [0.1, 0.15) is 23.6 Å². The van der Waals surface area contributed by atoms with Crippen molar-refractivity contribution in [2.45, 2.75) is 12.5 Å². The fourth-order valence-electron chi connectivity index (χ4n) is 2.84. The number of hydrogen-bond acceptors (Lipinski definition) is 5. The van der Waals surface area contributed by atoms with Crippen LogP contribution in [-0.2, 0) is 20.0 Å². The average Bonchev–Trinajstić information content (AvgIpc) is 3.00. The standard InChI is InChI=1S/C17H19N3O4S2/c1-25(21,22)19-15-10-8-13(9-11-15)16-12-17(14-6-4-3-5-7-14)20(18-16)26(2,23)24/h3-11,17,19H,12H2,1-2H3/t17-/m0/s1. The number of anilines is 1. The van der Waals surface area contributed by atoms with Crippen molar-refractivity contribution in [1.82, 2.24) is 4.41 Å². The fraction of sp³-hybridized carbons (Fsp3) is 0.235. The van der Waals surface area contributed by atoms with Crippen molar-refractivity contribution in [1.29, 1.82) is 0 Å². The third kappa shape index (κ3) is 4.23. The maximum absolute atomic E-state index is 12.1. The normalized spacial score (nSPS) is 17.8. The molecule has 0 saturated carbocycles. The summed E-state index contributed by atoms with van der Waals surface area (Å²) >= 11 is 0. The molecule has 0 saturated heterocycles. The van der Waals surface area contributed by atoms with Gasteiger partial charge in [0.15, 0.2) is 0 Å². The van der Waals surface area contributed by atoms with Gasteiger partial charge in [0.2, 0.25) is 20.0 Å². The van der Waals surface area contributed by atoms with Gasteiger partial charge in [0.1, 0.15) is 0 Å². The molecular weight excluding hydrogens is 374 g/mol. The van der Waals surface area contributed by atoms with E-state index in [0.29, 0.717) is 17.8 Å². The molecule has 1 aliphatic heterocycles. The van der Waals surface area contributed by atoms with E-state index >= 15 is 0 Å². The largest absolute Gasteiger partial charge is 0.284 e. The summed E-state index contributed by atoms with van der Waals surface area (Å²) in [6.45, 7) is 0. The van der Waals surface area contributed by atoms with Crippen LogP contribution in [0.2, 0.25) is 0 Å². The number of hydrazone groups is 1. The summed E-state index contributed by atoms with van der Waals surface area (Å²) in [7, 11) is -6.87. The maximum Gasteiger partial charge on any atom is 0.247 e. The van der Waals surface area contributed by atoms with E-state index in [9.17, 15) is 16.8 Å². The topological polar surface area (TPSA) is 95.9 Å². The van der Waals surface area contributed by atoms with Gasteiger partial charge in [-0.2, -0.15) is 9.52 Å². The highest BCUT2D eigenvalue weighted by Crippen LogP contribution is 2.34. The summed E-state index contributed by atoms with van der Waals surface area (Å²) in [5.41, 5.74) is 2.69. The number of sulfonamides is 2. The third-order valence-electron chi connectivity index (χ3n) is 3.92. The van der Waals surface area contributed by atoms with Gasteiger partial charge in [-0.1, -0.05) is 42.5 Å². The van der Waals surface area contributed by atoms with Crippen LogP contribution in [0.15, 0.2) is 59.7 Å². The van der Waals surface area contributed by atoms with E-state index in [1.54, 1.807) is 24.3 Å². The molecule has 26 heavy (non-hydrogen) atoms. The SMILES string of the molecule is CS(=O)(=O)Nc1ccc(C2=NN(S(C)(=O)=O)[C@H](c3ccccc3)C2)cc1. The third-order valence-corrected chi connectivity index (χ3v) is 5.54. The van der Waals surface area contributed by atoms with Gasteiger partial charge in [-0.15, -0.1) is 0 Å². The highest BCUT2D eigenvalue weighted by atomic mass is 32.2. The summed E-state index contributed by atoms with van der Waals surface area (Å²) < 4.78 is 50.4. The Kier molecular flexibility index (Phi) is 4.76. The van der Waals surface area contributed by atoms with Gasteiger partial charge in [0, 0.05) is 12.1 Å².